The molecule has 0 unspecified atom stereocenters. The predicted molar refractivity (Wildman–Crippen MR) is 110 cm³/mol. The van der Waals surface area contributed by atoms with Crippen LogP contribution in [0.2, 0.25) is 5.02 Å². The first-order valence-electron chi connectivity index (χ1n) is 9.19. The molecule has 7 heteroatoms. The second-order valence-electron chi connectivity index (χ2n) is 6.68. The molecule has 0 saturated carbocycles. The topological polar surface area (TPSA) is 63.2 Å². The maximum atomic E-state index is 13.1. The first-order valence-corrected chi connectivity index (χ1v) is 11.0. The Kier molecular flexibility index (Phi) is 5.19. The molecule has 0 radical (unpaired) electrons. The van der Waals surface area contributed by atoms with Crippen molar-refractivity contribution < 1.29 is 8.42 Å². The van der Waals surface area contributed by atoms with Crippen LogP contribution >= 0.6 is 11.6 Å². The third-order valence-electron chi connectivity index (χ3n) is 4.89. The fourth-order valence-electron chi connectivity index (χ4n) is 3.39. The highest BCUT2D eigenvalue weighted by molar-refractivity contribution is 7.89. The van der Waals surface area contributed by atoms with Crippen LogP contribution in [0.25, 0.3) is 11.3 Å². The van der Waals surface area contributed by atoms with Gasteiger partial charge in [-0.15, -0.1) is 0 Å². The Hall–Kier alpha value is -2.28. The van der Waals surface area contributed by atoms with E-state index >= 15 is 0 Å². The molecule has 2 aromatic carbocycles. The van der Waals surface area contributed by atoms with Crippen LogP contribution in [0.1, 0.15) is 24.0 Å². The summed E-state index contributed by atoms with van der Waals surface area (Å²) >= 11 is 6.03. The molecule has 0 N–H and O–H groups in total. The van der Waals surface area contributed by atoms with Crippen molar-refractivity contribution in [1.29, 1.82) is 0 Å². The molecule has 5 nitrogen and oxygen atoms in total. The van der Waals surface area contributed by atoms with Crippen molar-refractivity contribution in [3.05, 3.63) is 76.7 Å². The monoisotopic (exact) mass is 413 g/mol. The summed E-state index contributed by atoms with van der Waals surface area (Å²) in [6.07, 6.45) is 1.29. The molecule has 1 aliphatic heterocycles. The number of aryl methyl sites for hydroxylation is 1. The highest BCUT2D eigenvalue weighted by Gasteiger charge is 2.31. The Morgan fingerprint density at radius 1 is 1.04 bits per heavy atom. The molecule has 0 fully saturated rings. The van der Waals surface area contributed by atoms with Gasteiger partial charge in [0, 0.05) is 42.1 Å². The van der Waals surface area contributed by atoms with Gasteiger partial charge in [-0.3, -0.25) is 0 Å². The lowest BCUT2D eigenvalue weighted by Crippen LogP contribution is -2.37. The smallest absolute Gasteiger partial charge is 0.238 e. The number of rotatable bonds is 4. The number of aromatic nitrogens is 2. The molecular formula is C21H20ClN3O2S. The first-order chi connectivity index (χ1) is 13.5. The van der Waals surface area contributed by atoms with Gasteiger partial charge in [-0.05, 0) is 24.3 Å². The minimum absolute atomic E-state index is 0.258. The molecule has 144 valence electrons. The number of nitrogens with zero attached hydrogens (tertiary/aromatic N) is 3. The van der Waals surface area contributed by atoms with Crippen molar-refractivity contribution >= 4 is 21.6 Å². The second kappa shape index (κ2) is 7.62. The van der Waals surface area contributed by atoms with Crippen molar-refractivity contribution in [2.75, 3.05) is 6.54 Å². The van der Waals surface area contributed by atoms with Gasteiger partial charge in [0.1, 0.15) is 5.82 Å². The van der Waals surface area contributed by atoms with Crippen LogP contribution in [-0.4, -0.2) is 29.2 Å². The molecule has 2 heterocycles. The minimum atomic E-state index is -3.57. The van der Waals surface area contributed by atoms with Crippen LogP contribution in [0, 0.1) is 0 Å². The molecule has 0 bridgehead atoms. The van der Waals surface area contributed by atoms with Crippen molar-refractivity contribution in [1.82, 2.24) is 14.3 Å². The summed E-state index contributed by atoms with van der Waals surface area (Å²) in [5.41, 5.74) is 3.49. The number of sulfonamides is 1. The zero-order chi connectivity index (χ0) is 19.7. The molecule has 0 saturated heterocycles. The quantitative estimate of drug-likeness (QED) is 0.645. The molecule has 0 aliphatic carbocycles. The SMILES string of the molecule is CCc1nc2c(c(-c3ccc(Cl)cc3)n1)CN(S(=O)(=O)c1ccccc1)CC2. The second-order valence-corrected chi connectivity index (χ2v) is 9.05. The molecule has 0 amide bonds. The third kappa shape index (κ3) is 3.55. The van der Waals surface area contributed by atoms with Crippen molar-refractivity contribution in [3.8, 4) is 11.3 Å². The maximum absolute atomic E-state index is 13.1. The number of halogens is 1. The standard InChI is InChI=1S/C21H20ClN3O2S/c1-2-20-23-19-12-13-25(28(26,27)17-6-4-3-5-7-17)14-18(19)21(24-20)15-8-10-16(22)11-9-15/h3-11H,2,12-14H2,1H3. The van der Waals surface area contributed by atoms with Gasteiger partial charge in [-0.1, -0.05) is 48.9 Å². The molecule has 1 aromatic heterocycles. The summed E-state index contributed by atoms with van der Waals surface area (Å²) in [5, 5.41) is 0.649. The largest absolute Gasteiger partial charge is 0.243 e. The molecule has 4 rings (SSSR count). The zero-order valence-corrected chi connectivity index (χ0v) is 17.0. The van der Waals surface area contributed by atoms with Gasteiger partial charge in [-0.25, -0.2) is 18.4 Å². The fraction of sp³-hybridized carbons (Fsp3) is 0.238. The number of hydrogen-bond donors (Lipinski definition) is 0. The Morgan fingerprint density at radius 2 is 1.75 bits per heavy atom. The average Bonchev–Trinajstić information content (AvgIpc) is 2.73. The van der Waals surface area contributed by atoms with Gasteiger partial charge < -0.3 is 0 Å². The zero-order valence-electron chi connectivity index (χ0n) is 15.5. The summed E-state index contributed by atoms with van der Waals surface area (Å²) in [7, 11) is -3.57. The van der Waals surface area contributed by atoms with E-state index in [0.717, 1.165) is 34.8 Å². The van der Waals surface area contributed by atoms with Crippen LogP contribution in [-0.2, 0) is 29.4 Å². The van der Waals surface area contributed by atoms with E-state index < -0.39 is 10.0 Å². The molecule has 3 aromatic rings. The van der Waals surface area contributed by atoms with E-state index in [1.54, 1.807) is 24.3 Å². The summed E-state index contributed by atoms with van der Waals surface area (Å²) in [6, 6.07) is 16.0. The Balaban J connectivity index is 1.78. The number of fused-ring (bicyclic) bond motifs is 1. The van der Waals surface area contributed by atoms with E-state index in [2.05, 4.69) is 4.98 Å². The van der Waals surface area contributed by atoms with Crippen molar-refractivity contribution in [3.63, 3.8) is 0 Å². The Bertz CT molecular complexity index is 1100. The summed E-state index contributed by atoms with van der Waals surface area (Å²) < 4.78 is 27.7. The van der Waals surface area contributed by atoms with E-state index in [-0.39, 0.29) is 6.54 Å². The van der Waals surface area contributed by atoms with Gasteiger partial charge in [0.15, 0.2) is 0 Å². The highest BCUT2D eigenvalue weighted by atomic mass is 35.5. The summed E-state index contributed by atoms with van der Waals surface area (Å²) in [5.74, 6) is 0.767. The molecule has 0 atom stereocenters. The van der Waals surface area contributed by atoms with Crippen LogP contribution < -0.4 is 0 Å². The lowest BCUT2D eigenvalue weighted by molar-refractivity contribution is 0.387. The van der Waals surface area contributed by atoms with Crippen LogP contribution in [0.5, 0.6) is 0 Å². The lowest BCUT2D eigenvalue weighted by atomic mass is 10.00. The third-order valence-corrected chi connectivity index (χ3v) is 7.00. The van der Waals surface area contributed by atoms with Crippen LogP contribution in [0.4, 0.5) is 0 Å². The maximum Gasteiger partial charge on any atom is 0.243 e. The lowest BCUT2D eigenvalue weighted by Gasteiger charge is -2.29. The Labute approximate surface area is 170 Å². The summed E-state index contributed by atoms with van der Waals surface area (Å²) in [4.78, 5) is 9.69. The van der Waals surface area contributed by atoms with Crippen LogP contribution in [0.15, 0.2) is 59.5 Å². The predicted octanol–water partition coefficient (Wildman–Crippen LogP) is 4.11. The highest BCUT2D eigenvalue weighted by Crippen LogP contribution is 2.31. The number of benzene rings is 2. The van der Waals surface area contributed by atoms with Gasteiger partial charge >= 0.3 is 0 Å². The van der Waals surface area contributed by atoms with E-state index in [1.807, 2.05) is 37.3 Å². The van der Waals surface area contributed by atoms with Crippen molar-refractivity contribution in [2.45, 2.75) is 31.2 Å². The molecule has 1 aliphatic rings. The van der Waals surface area contributed by atoms with E-state index in [1.165, 1.54) is 4.31 Å². The molecule has 28 heavy (non-hydrogen) atoms. The molecular weight excluding hydrogens is 394 g/mol. The average molecular weight is 414 g/mol. The van der Waals surface area contributed by atoms with Crippen LogP contribution in [0.3, 0.4) is 0 Å². The molecule has 0 spiro atoms. The first kappa shape index (κ1) is 19.1. The Morgan fingerprint density at radius 3 is 2.43 bits per heavy atom. The van der Waals surface area contributed by atoms with E-state index in [0.29, 0.717) is 22.9 Å². The number of hydrogen-bond acceptors (Lipinski definition) is 4. The fourth-order valence-corrected chi connectivity index (χ4v) is 4.95. The summed E-state index contributed by atoms with van der Waals surface area (Å²) in [6.45, 7) is 2.68. The van der Waals surface area contributed by atoms with Gasteiger partial charge in [0.05, 0.1) is 16.3 Å². The minimum Gasteiger partial charge on any atom is -0.238 e. The van der Waals surface area contributed by atoms with E-state index in [9.17, 15) is 8.42 Å². The van der Waals surface area contributed by atoms with Gasteiger partial charge in [-0.2, -0.15) is 4.31 Å². The van der Waals surface area contributed by atoms with Gasteiger partial charge in [0.25, 0.3) is 0 Å². The van der Waals surface area contributed by atoms with Gasteiger partial charge in [0.2, 0.25) is 10.0 Å². The van der Waals surface area contributed by atoms with E-state index in [4.69, 9.17) is 16.6 Å². The normalized spacial score (nSPS) is 14.6. The van der Waals surface area contributed by atoms with Crippen molar-refractivity contribution in [2.24, 2.45) is 0 Å².